The summed E-state index contributed by atoms with van der Waals surface area (Å²) in [4.78, 5) is 67.2. The van der Waals surface area contributed by atoms with E-state index in [0.717, 1.165) is 0 Å². The summed E-state index contributed by atoms with van der Waals surface area (Å²) in [6.07, 6.45) is 1.41. The van der Waals surface area contributed by atoms with Crippen molar-refractivity contribution in [3.8, 4) is 0 Å². The number of hydrogen-bond donors (Lipinski definition) is 4. The van der Waals surface area contributed by atoms with E-state index in [9.17, 15) is 32.4 Å². The fraction of sp³-hybridized carbons (Fsp3) is 0.839. The number of rotatable bonds is 11. The number of carbonyl (C=O) groups is 5. The number of nitrogens with one attached hydrogen (secondary N) is 3. The van der Waals surface area contributed by atoms with Crippen molar-refractivity contribution in [1.29, 1.82) is 0 Å². The summed E-state index contributed by atoms with van der Waals surface area (Å²) in [7, 11) is -2.13. The highest BCUT2D eigenvalue weighted by Gasteiger charge is 2.70. The van der Waals surface area contributed by atoms with E-state index in [4.69, 9.17) is 5.73 Å². The second-order valence-electron chi connectivity index (χ2n) is 15.8. The normalized spacial score (nSPS) is 26.3. The molecular formula is C31H55N7O7S. The van der Waals surface area contributed by atoms with Crippen LogP contribution < -0.4 is 21.7 Å². The quantitative estimate of drug-likeness (QED) is 0.234. The maximum atomic E-state index is 14.3. The molecule has 0 spiro atoms. The zero-order valence-corrected chi connectivity index (χ0v) is 29.9. The summed E-state index contributed by atoms with van der Waals surface area (Å²) in [5.41, 5.74) is 3.74. The first kappa shape index (κ1) is 37.7. The molecule has 2 heterocycles. The second-order valence-corrected chi connectivity index (χ2v) is 17.9. The smallest absolute Gasteiger partial charge is 0.315 e. The third-order valence-electron chi connectivity index (χ3n) is 9.94. The largest absolute Gasteiger partial charge is 0.363 e. The van der Waals surface area contributed by atoms with Gasteiger partial charge in [-0.05, 0) is 40.9 Å². The topological polar surface area (TPSA) is 191 Å². The van der Waals surface area contributed by atoms with Crippen molar-refractivity contribution < 1.29 is 32.4 Å². The number of urea groups is 1. The zero-order valence-electron chi connectivity index (χ0n) is 29.1. The van der Waals surface area contributed by atoms with E-state index in [-0.39, 0.29) is 30.2 Å². The molecule has 46 heavy (non-hydrogen) atoms. The molecule has 0 aromatic heterocycles. The van der Waals surface area contributed by atoms with Crippen molar-refractivity contribution in [3.63, 3.8) is 0 Å². The molecule has 2 saturated heterocycles. The fourth-order valence-electron chi connectivity index (χ4n) is 6.77. The molecule has 15 heteroatoms. The first-order chi connectivity index (χ1) is 21.0. The molecule has 6 atom stereocenters. The zero-order chi connectivity index (χ0) is 35.2. The Bertz CT molecular complexity index is 1320. The van der Waals surface area contributed by atoms with Crippen LogP contribution in [0.1, 0.15) is 81.6 Å². The number of Topliss-reactive ketones (excluding diaryl/α,β-unsaturated/α-hetero) is 1. The third-order valence-corrected chi connectivity index (χ3v) is 11.9. The summed E-state index contributed by atoms with van der Waals surface area (Å²) in [5, 5.41) is 8.46. The van der Waals surface area contributed by atoms with E-state index in [1.165, 1.54) is 20.6 Å². The minimum absolute atomic E-state index is 0.0491. The highest BCUT2D eigenvalue weighted by molar-refractivity contribution is 7.86. The van der Waals surface area contributed by atoms with Gasteiger partial charge < -0.3 is 26.6 Å². The lowest BCUT2D eigenvalue weighted by atomic mass is 9.85. The molecule has 0 aromatic carbocycles. The van der Waals surface area contributed by atoms with Crippen LogP contribution in [0.15, 0.2) is 0 Å². The molecule has 14 nitrogen and oxygen atoms in total. The van der Waals surface area contributed by atoms with Gasteiger partial charge in [0, 0.05) is 39.3 Å². The van der Waals surface area contributed by atoms with Crippen molar-refractivity contribution in [2.24, 2.45) is 33.8 Å². The number of nitrogens with two attached hydrogens (primary N) is 1. The molecule has 1 saturated carbocycles. The lowest BCUT2D eigenvalue weighted by molar-refractivity contribution is -0.145. The van der Waals surface area contributed by atoms with Crippen LogP contribution in [0, 0.1) is 28.1 Å². The Morgan fingerprint density at radius 3 is 2.09 bits per heavy atom. The van der Waals surface area contributed by atoms with E-state index < -0.39 is 74.7 Å². The predicted octanol–water partition coefficient (Wildman–Crippen LogP) is 0.820. The average molecular weight is 670 g/mol. The second kappa shape index (κ2) is 13.4. The Balaban J connectivity index is 1.83. The van der Waals surface area contributed by atoms with Crippen LogP contribution in [0.2, 0.25) is 0 Å². The summed E-state index contributed by atoms with van der Waals surface area (Å²) in [5.74, 6) is -3.10. The molecule has 262 valence electrons. The van der Waals surface area contributed by atoms with Crippen LogP contribution in [-0.4, -0.2) is 109 Å². The maximum Gasteiger partial charge on any atom is 0.315 e. The van der Waals surface area contributed by atoms with Crippen molar-refractivity contribution >= 4 is 39.7 Å². The third kappa shape index (κ3) is 7.84. The van der Waals surface area contributed by atoms with Crippen LogP contribution in [0.5, 0.6) is 0 Å². The molecule has 2 unspecified atom stereocenters. The van der Waals surface area contributed by atoms with Crippen LogP contribution in [0.3, 0.4) is 0 Å². The van der Waals surface area contributed by atoms with Crippen LogP contribution in [0.4, 0.5) is 4.79 Å². The van der Waals surface area contributed by atoms with Gasteiger partial charge in [0.15, 0.2) is 0 Å². The van der Waals surface area contributed by atoms with Gasteiger partial charge in [-0.2, -0.15) is 17.0 Å². The first-order valence-corrected chi connectivity index (χ1v) is 17.6. The Kier molecular flexibility index (Phi) is 11.0. The minimum atomic E-state index is -3.66. The van der Waals surface area contributed by atoms with Gasteiger partial charge in [-0.25, -0.2) is 4.79 Å². The predicted molar refractivity (Wildman–Crippen MR) is 173 cm³/mol. The number of primary amides is 1. The van der Waals surface area contributed by atoms with E-state index in [0.29, 0.717) is 32.5 Å². The van der Waals surface area contributed by atoms with Gasteiger partial charge in [0.05, 0.1) is 6.04 Å². The maximum absolute atomic E-state index is 14.3. The molecule has 5 N–H and O–H groups in total. The van der Waals surface area contributed by atoms with Gasteiger partial charge >= 0.3 is 6.03 Å². The first-order valence-electron chi connectivity index (χ1n) is 16.2. The fourth-order valence-corrected chi connectivity index (χ4v) is 8.22. The summed E-state index contributed by atoms with van der Waals surface area (Å²) < 4.78 is 28.6. The molecule has 0 bridgehead atoms. The van der Waals surface area contributed by atoms with Crippen LogP contribution in [-0.2, 0) is 29.4 Å². The molecule has 2 aliphatic heterocycles. The molecule has 0 aromatic rings. The lowest BCUT2D eigenvalue weighted by Gasteiger charge is -2.40. The highest BCUT2D eigenvalue weighted by atomic mass is 32.2. The van der Waals surface area contributed by atoms with Gasteiger partial charge in [0.2, 0.25) is 17.6 Å². The Labute approximate surface area is 274 Å². The van der Waals surface area contributed by atoms with Crippen LogP contribution in [0.25, 0.3) is 0 Å². The summed E-state index contributed by atoms with van der Waals surface area (Å²) >= 11 is 0. The van der Waals surface area contributed by atoms with E-state index in [1.54, 1.807) is 0 Å². The number of likely N-dealkylation sites (tertiary alicyclic amines) is 1. The summed E-state index contributed by atoms with van der Waals surface area (Å²) in [6, 6.07) is -4.23. The number of hydrogen-bond acceptors (Lipinski definition) is 7. The molecule has 3 fully saturated rings. The Morgan fingerprint density at radius 2 is 1.57 bits per heavy atom. The number of amides is 5. The molecule has 5 amide bonds. The number of nitrogens with zero attached hydrogens (tertiary/aromatic N) is 3. The van der Waals surface area contributed by atoms with Crippen molar-refractivity contribution in [2.75, 3.05) is 33.2 Å². The summed E-state index contributed by atoms with van der Waals surface area (Å²) in [6.45, 7) is 18.2. The van der Waals surface area contributed by atoms with Gasteiger partial charge in [-0.15, -0.1) is 0 Å². The SMILES string of the molecule is CCCC(NC(=O)[C@@H]1C2[C@H](CN1C(=O)[C@@H](NC(=O)N[C@H](CN1CCCN(C)S1(=O)=O)C(C)(C)C)C(C)(C)C)C2(C)C)C(=O)C(N)=O. The number of ketones is 1. The minimum Gasteiger partial charge on any atom is -0.363 e. The molecule has 3 rings (SSSR count). The Morgan fingerprint density at radius 1 is 0.957 bits per heavy atom. The van der Waals surface area contributed by atoms with Gasteiger partial charge in [0.25, 0.3) is 16.1 Å². The number of piperidine rings is 1. The molecule has 0 radical (unpaired) electrons. The standard InChI is InChI=1S/C31H55N7O7S/c1-11-13-19(23(39)25(32)40)33-26(41)22-21-18(31(21,8)9)16-38(22)27(42)24(30(5,6)7)35-28(43)34-20(29(2,3)4)17-37-15-12-14-36(10)46(37,44)45/h18-22,24H,11-17H2,1-10H3,(H2,32,40)(H,33,41)(H2,34,35,43)/t18-,19?,20+,21?,22-,24+/m0/s1. The van der Waals surface area contributed by atoms with E-state index >= 15 is 0 Å². The number of carbonyl (C=O) groups excluding carboxylic acids is 5. The molecule has 3 aliphatic rings. The van der Waals surface area contributed by atoms with Crippen molar-refractivity contribution in [1.82, 2.24) is 29.5 Å². The van der Waals surface area contributed by atoms with Crippen molar-refractivity contribution in [3.05, 3.63) is 0 Å². The molecule has 1 aliphatic carbocycles. The molecular weight excluding hydrogens is 614 g/mol. The monoisotopic (exact) mass is 669 g/mol. The number of fused-ring (bicyclic) bond motifs is 1. The Hall–Kier alpha value is -2.78. The van der Waals surface area contributed by atoms with Gasteiger partial charge in [-0.3, -0.25) is 19.2 Å². The lowest BCUT2D eigenvalue weighted by Crippen LogP contribution is -2.63. The van der Waals surface area contributed by atoms with E-state index in [1.807, 2.05) is 62.3 Å². The highest BCUT2D eigenvalue weighted by Crippen LogP contribution is 2.65. The van der Waals surface area contributed by atoms with Gasteiger partial charge in [0.1, 0.15) is 12.1 Å². The van der Waals surface area contributed by atoms with Gasteiger partial charge in [-0.1, -0.05) is 68.7 Å². The van der Waals surface area contributed by atoms with E-state index in [2.05, 4.69) is 16.0 Å². The van der Waals surface area contributed by atoms with Crippen LogP contribution >= 0.6 is 0 Å². The van der Waals surface area contributed by atoms with Crippen molar-refractivity contribution in [2.45, 2.75) is 106 Å². The average Bonchev–Trinajstić information content (AvgIpc) is 3.24.